The molecule has 1 aliphatic heterocycles. The van der Waals surface area contributed by atoms with E-state index in [-0.39, 0.29) is 18.2 Å². The molecule has 0 amide bonds. The predicted molar refractivity (Wildman–Crippen MR) is 115 cm³/mol. The van der Waals surface area contributed by atoms with E-state index in [4.69, 9.17) is 14.2 Å². The molecule has 1 aliphatic rings. The molecule has 1 heterocycles. The molecule has 1 N–H and O–H groups in total. The van der Waals surface area contributed by atoms with E-state index in [1.807, 2.05) is 12.1 Å². The highest BCUT2D eigenvalue weighted by Crippen LogP contribution is 2.49. The minimum absolute atomic E-state index is 0. The first-order valence-electron chi connectivity index (χ1n) is 8.82. The van der Waals surface area contributed by atoms with Crippen LogP contribution < -0.4 is 18.7 Å². The van der Waals surface area contributed by atoms with Crippen LogP contribution in [-0.4, -0.2) is 40.5 Å². The van der Waals surface area contributed by atoms with Gasteiger partial charge in [-0.05, 0) is 35.7 Å². The van der Waals surface area contributed by atoms with Crippen molar-refractivity contribution in [1.82, 2.24) is 4.48 Å². The second kappa shape index (κ2) is 7.08. The van der Waals surface area contributed by atoms with Gasteiger partial charge in [-0.25, -0.2) is 0 Å². The van der Waals surface area contributed by atoms with Crippen molar-refractivity contribution < 1.29 is 19.3 Å². The normalized spacial score (nSPS) is 13.9. The Morgan fingerprint density at radius 1 is 0.821 bits per heavy atom. The number of phenols is 1. The summed E-state index contributed by atoms with van der Waals surface area (Å²) in [4.78, 5) is 0. The van der Waals surface area contributed by atoms with E-state index < -0.39 is 0 Å². The first-order chi connectivity index (χ1) is 12.9. The van der Waals surface area contributed by atoms with Gasteiger partial charge >= 0.3 is 0 Å². The van der Waals surface area contributed by atoms with Crippen molar-refractivity contribution in [2.45, 2.75) is 6.54 Å². The summed E-state index contributed by atoms with van der Waals surface area (Å²) in [5.41, 5.74) is 4.72. The van der Waals surface area contributed by atoms with Gasteiger partial charge in [0.1, 0.15) is 12.2 Å². The minimum Gasteiger partial charge on any atom is -0.504 e. The summed E-state index contributed by atoms with van der Waals surface area (Å²) < 4.78 is 17.1. The number of fused-ring (bicyclic) bond motifs is 5. The van der Waals surface area contributed by atoms with Crippen LogP contribution in [0.15, 0.2) is 36.4 Å². The van der Waals surface area contributed by atoms with Crippen molar-refractivity contribution in [3.8, 4) is 34.1 Å². The number of nitrogens with zero attached hydrogens (tertiary/aromatic N) is 1. The van der Waals surface area contributed by atoms with Gasteiger partial charge < -0.3 is 19.3 Å². The zero-order chi connectivity index (χ0) is 19.3. The van der Waals surface area contributed by atoms with Crippen LogP contribution in [-0.2, 0) is 6.54 Å². The van der Waals surface area contributed by atoms with Crippen LogP contribution in [0.1, 0.15) is 5.56 Å². The maximum absolute atomic E-state index is 10.2. The number of aromatic hydroxyl groups is 1. The molecule has 0 fully saturated rings. The Morgan fingerprint density at radius 2 is 1.46 bits per heavy atom. The van der Waals surface area contributed by atoms with E-state index in [1.54, 1.807) is 27.4 Å². The topological polar surface area (TPSA) is 47.9 Å². The quantitative estimate of drug-likeness (QED) is 0.643. The molecule has 0 saturated carbocycles. The fourth-order valence-electron chi connectivity index (χ4n) is 4.17. The first-order valence-corrected chi connectivity index (χ1v) is 8.82. The minimum atomic E-state index is 0. The number of hydrogen-bond acceptors (Lipinski definition) is 4. The maximum atomic E-state index is 10.2. The average Bonchev–Trinajstić information content (AvgIpc) is 2.65. The summed E-state index contributed by atoms with van der Waals surface area (Å²) in [6, 6.07) is 12.0. The van der Waals surface area contributed by atoms with Gasteiger partial charge in [0.15, 0.2) is 23.0 Å². The molecule has 28 heavy (non-hydrogen) atoms. The number of hydrogen-bond donors (Lipinski definition) is 1. The lowest BCUT2D eigenvalue weighted by molar-refractivity contribution is 0.351. The van der Waals surface area contributed by atoms with Crippen molar-refractivity contribution in [2.75, 3.05) is 35.4 Å². The smallest absolute Gasteiger partial charge is 0.161 e. The van der Waals surface area contributed by atoms with Gasteiger partial charge in [-0.15, -0.1) is 12.4 Å². The van der Waals surface area contributed by atoms with Crippen LogP contribution in [0.5, 0.6) is 23.0 Å². The van der Waals surface area contributed by atoms with E-state index in [9.17, 15) is 5.11 Å². The summed E-state index contributed by atoms with van der Waals surface area (Å²) in [5, 5.41) is 12.2. The molecular weight excluding hydrogens is 378 g/mol. The van der Waals surface area contributed by atoms with Crippen molar-refractivity contribution >= 4 is 28.9 Å². The van der Waals surface area contributed by atoms with Crippen LogP contribution in [0.25, 0.3) is 21.9 Å². The van der Waals surface area contributed by atoms with Gasteiger partial charge in [0.05, 0.1) is 35.4 Å². The highest BCUT2D eigenvalue weighted by Gasteiger charge is 2.34. The maximum Gasteiger partial charge on any atom is 0.161 e. The Morgan fingerprint density at radius 3 is 2.11 bits per heavy atom. The molecular formula is C22H25ClNO4+. The number of rotatable bonds is 3. The van der Waals surface area contributed by atoms with Gasteiger partial charge in [0, 0.05) is 22.1 Å². The fourth-order valence-corrected chi connectivity index (χ4v) is 4.17. The lowest BCUT2D eigenvalue weighted by Crippen LogP contribution is -2.42. The molecule has 0 aromatic heterocycles. The molecule has 3 aromatic rings. The SMILES string of the molecule is COc1cc2c3c(ccc2cc1O)-c1cc(OC)c(OC)cc1C[N+]3(C)C.Cl. The summed E-state index contributed by atoms with van der Waals surface area (Å²) in [5.74, 6) is 2.09. The van der Waals surface area contributed by atoms with E-state index in [2.05, 4.69) is 32.3 Å². The number of methoxy groups -OCH3 is 3. The van der Waals surface area contributed by atoms with E-state index >= 15 is 0 Å². The van der Waals surface area contributed by atoms with Crippen LogP contribution in [0.2, 0.25) is 0 Å². The summed E-state index contributed by atoms with van der Waals surface area (Å²) in [7, 11) is 9.27. The Balaban J connectivity index is 0.00000225. The highest BCUT2D eigenvalue weighted by molar-refractivity contribution is 6.04. The molecule has 0 atom stereocenters. The van der Waals surface area contributed by atoms with Crippen LogP contribution in [0.3, 0.4) is 0 Å². The van der Waals surface area contributed by atoms with Crippen molar-refractivity contribution in [1.29, 1.82) is 0 Å². The molecule has 0 spiro atoms. The third-order valence-corrected chi connectivity index (χ3v) is 5.36. The molecule has 3 aromatic carbocycles. The monoisotopic (exact) mass is 402 g/mol. The Bertz CT molecular complexity index is 1060. The number of ether oxygens (including phenoxy) is 3. The lowest BCUT2D eigenvalue weighted by Gasteiger charge is -2.37. The number of benzene rings is 3. The Kier molecular flexibility index (Phi) is 5.08. The second-order valence-electron chi connectivity index (χ2n) is 7.41. The molecule has 4 rings (SSSR count). The molecule has 0 radical (unpaired) electrons. The van der Waals surface area contributed by atoms with Crippen molar-refractivity contribution in [3.05, 3.63) is 42.0 Å². The molecule has 0 bridgehead atoms. The molecule has 0 unspecified atom stereocenters. The molecule has 6 heteroatoms. The first kappa shape index (κ1) is 20.1. The van der Waals surface area contributed by atoms with Gasteiger partial charge in [0.2, 0.25) is 0 Å². The summed E-state index contributed by atoms with van der Waals surface area (Å²) in [6.45, 7) is 0.824. The van der Waals surface area contributed by atoms with Crippen LogP contribution in [0, 0.1) is 0 Å². The third-order valence-electron chi connectivity index (χ3n) is 5.36. The lowest BCUT2D eigenvalue weighted by atomic mass is 9.89. The largest absolute Gasteiger partial charge is 0.504 e. The number of quaternary nitrogens is 1. The van der Waals surface area contributed by atoms with E-state index in [0.29, 0.717) is 10.2 Å². The van der Waals surface area contributed by atoms with Gasteiger partial charge in [0.25, 0.3) is 0 Å². The Hall–Kier alpha value is -2.63. The van der Waals surface area contributed by atoms with E-state index in [0.717, 1.165) is 39.9 Å². The van der Waals surface area contributed by atoms with Gasteiger partial charge in [-0.3, -0.25) is 4.48 Å². The molecule has 5 nitrogen and oxygen atoms in total. The van der Waals surface area contributed by atoms with E-state index in [1.165, 1.54) is 11.3 Å². The molecule has 148 valence electrons. The standard InChI is InChI=1S/C22H23NO4.ClH/c1-23(2)12-14-9-20(26-4)21(27-5)10-16(14)15-7-6-13-8-18(24)19(25-3)11-17(13)22(15)23;/h6-11H,12H2,1-5H3;1H/p+1. The van der Waals surface area contributed by atoms with Crippen molar-refractivity contribution in [2.24, 2.45) is 0 Å². The van der Waals surface area contributed by atoms with Crippen LogP contribution in [0.4, 0.5) is 5.69 Å². The number of phenolic OH excluding ortho intramolecular Hbond substituents is 1. The average molecular weight is 403 g/mol. The van der Waals surface area contributed by atoms with Crippen LogP contribution >= 0.6 is 12.4 Å². The summed E-state index contributed by atoms with van der Waals surface area (Å²) in [6.07, 6.45) is 0. The third kappa shape index (κ3) is 2.91. The fraction of sp³-hybridized carbons (Fsp3) is 0.273. The number of halogens is 1. The summed E-state index contributed by atoms with van der Waals surface area (Å²) >= 11 is 0. The Labute approximate surface area is 171 Å². The zero-order valence-corrected chi connectivity index (χ0v) is 17.5. The molecule has 0 saturated heterocycles. The zero-order valence-electron chi connectivity index (χ0n) is 16.7. The second-order valence-corrected chi connectivity index (χ2v) is 7.41. The van der Waals surface area contributed by atoms with Gasteiger partial charge in [-0.2, -0.15) is 0 Å². The molecule has 0 aliphatic carbocycles. The van der Waals surface area contributed by atoms with Crippen molar-refractivity contribution in [3.63, 3.8) is 0 Å². The van der Waals surface area contributed by atoms with Gasteiger partial charge in [-0.1, -0.05) is 6.07 Å². The predicted octanol–water partition coefficient (Wildman–Crippen LogP) is 4.74. The highest BCUT2D eigenvalue weighted by atomic mass is 35.5.